The summed E-state index contributed by atoms with van der Waals surface area (Å²) in [5, 5.41) is 202. The molecule has 0 amide bonds. The van der Waals surface area contributed by atoms with E-state index in [0.29, 0.717) is 0 Å². The van der Waals surface area contributed by atoms with Crippen molar-refractivity contribution in [1.29, 1.82) is 0 Å². The SMILES string of the molecule is C[C@H]1O[C@H](O[C@H]2[C@H](O)[C@@H](O)[C@@H](O[C@H]3[C@H](O)[C@@H](O)[C@@H](O[C@H]4[C@H](O)[C@@H](O)[C@@H](O[C@H]5O[C@H](CO)[C@@H](O)[C@H](O)[C@H]5O)O[C@@H]4CO)O[C@@H]3CO)O[C@@H]2CO)[C@H](O)[C@@H](O)[C@@H]1N[C@H]1C=C(CO)[C@@H](O)[C@H](O)[C@H]1O. The Labute approximate surface area is 374 Å². The van der Waals surface area contributed by atoms with E-state index in [4.69, 9.17) is 42.6 Å². The maximum atomic E-state index is 11.2. The summed E-state index contributed by atoms with van der Waals surface area (Å²) in [4.78, 5) is 0. The zero-order valence-electron chi connectivity index (χ0n) is 35.0. The van der Waals surface area contributed by atoms with Crippen LogP contribution in [0.2, 0.25) is 0 Å². The van der Waals surface area contributed by atoms with Gasteiger partial charge in [-0.05, 0) is 12.5 Å². The zero-order valence-corrected chi connectivity index (χ0v) is 35.0. The van der Waals surface area contributed by atoms with Gasteiger partial charge in [-0.2, -0.15) is 0 Å². The molecule has 5 fully saturated rings. The lowest BCUT2D eigenvalue weighted by Gasteiger charge is -2.49. The summed E-state index contributed by atoms with van der Waals surface area (Å²) >= 11 is 0. The minimum Gasteiger partial charge on any atom is -0.394 e. The molecule has 1 aliphatic carbocycles. The van der Waals surface area contributed by atoms with Crippen LogP contribution >= 0.6 is 0 Å². The number of nitrogens with one attached hydrogen (secondary N) is 1. The largest absolute Gasteiger partial charge is 0.394 e. The van der Waals surface area contributed by atoms with Gasteiger partial charge in [-0.25, -0.2) is 0 Å². The minimum absolute atomic E-state index is 0.0208. The Morgan fingerprint density at radius 3 is 1.18 bits per heavy atom. The Morgan fingerprint density at radius 1 is 0.409 bits per heavy atom. The van der Waals surface area contributed by atoms with Crippen molar-refractivity contribution in [2.24, 2.45) is 0 Å². The summed E-state index contributed by atoms with van der Waals surface area (Å²) in [7, 11) is 0. The second-order valence-electron chi connectivity index (χ2n) is 17.0. The number of rotatable bonds is 15. The van der Waals surface area contributed by atoms with Crippen molar-refractivity contribution < 1.29 is 140 Å². The van der Waals surface area contributed by atoms with E-state index >= 15 is 0 Å². The molecule has 0 spiro atoms. The molecule has 0 aromatic carbocycles. The molecule has 6 aliphatic rings. The Bertz CT molecular complexity index is 1550. The highest BCUT2D eigenvalue weighted by molar-refractivity contribution is 5.22. The molecule has 6 rings (SSSR count). The van der Waals surface area contributed by atoms with Crippen LogP contribution < -0.4 is 5.32 Å². The summed E-state index contributed by atoms with van der Waals surface area (Å²) in [6.07, 6.45) is -47.5. The first-order valence-electron chi connectivity index (χ1n) is 21.2. The first-order valence-corrected chi connectivity index (χ1v) is 21.2. The molecule has 0 unspecified atom stereocenters. The van der Waals surface area contributed by atoms with E-state index in [-0.39, 0.29) is 5.57 Å². The average Bonchev–Trinajstić information content (AvgIpc) is 3.30. The van der Waals surface area contributed by atoms with E-state index in [0.717, 1.165) is 0 Å². The second-order valence-corrected chi connectivity index (χ2v) is 17.0. The monoisotopic (exact) mass is 969 g/mol. The van der Waals surface area contributed by atoms with Gasteiger partial charge in [0.05, 0.1) is 51.2 Å². The molecular formula is C37H63NO28. The summed E-state index contributed by atoms with van der Waals surface area (Å²) in [5.41, 5.74) is -0.0208. The van der Waals surface area contributed by atoms with E-state index < -0.39 is 211 Å². The van der Waals surface area contributed by atoms with E-state index in [2.05, 4.69) is 5.32 Å². The summed E-state index contributed by atoms with van der Waals surface area (Å²) in [6.45, 7) is -2.95. The van der Waals surface area contributed by atoms with Gasteiger partial charge in [0.1, 0.15) is 128 Å². The second kappa shape index (κ2) is 22.8. The number of ether oxygens (including phenoxy) is 9. The lowest BCUT2D eigenvalue weighted by atomic mass is 9.86. The molecule has 20 N–H and O–H groups in total. The highest BCUT2D eigenvalue weighted by Gasteiger charge is 2.56. The molecule has 0 radical (unpaired) electrons. The Kier molecular flexibility index (Phi) is 18.6. The lowest BCUT2D eigenvalue weighted by Crippen LogP contribution is -2.69. The van der Waals surface area contributed by atoms with Crippen molar-refractivity contribution >= 4 is 0 Å². The third-order valence-electron chi connectivity index (χ3n) is 12.7. The molecule has 29 heteroatoms. The molecule has 66 heavy (non-hydrogen) atoms. The van der Waals surface area contributed by atoms with Crippen molar-refractivity contribution in [2.75, 3.05) is 33.0 Å². The lowest BCUT2D eigenvalue weighted by molar-refractivity contribution is -0.399. The van der Waals surface area contributed by atoms with Gasteiger partial charge in [-0.3, -0.25) is 0 Å². The fourth-order valence-electron chi connectivity index (χ4n) is 8.71. The molecule has 0 saturated carbocycles. The molecule has 0 bridgehead atoms. The van der Waals surface area contributed by atoms with Gasteiger partial charge in [0.2, 0.25) is 0 Å². The van der Waals surface area contributed by atoms with Crippen LogP contribution in [0.4, 0.5) is 0 Å². The smallest absolute Gasteiger partial charge is 0.189 e. The van der Waals surface area contributed by atoms with Crippen LogP contribution in [0.3, 0.4) is 0 Å². The molecule has 29 atom stereocenters. The van der Waals surface area contributed by atoms with Crippen molar-refractivity contribution in [1.82, 2.24) is 5.32 Å². The molecule has 384 valence electrons. The number of aliphatic hydroxyl groups excluding tert-OH is 19. The molecular weight excluding hydrogens is 906 g/mol. The van der Waals surface area contributed by atoms with E-state index in [1.807, 2.05) is 0 Å². The quantitative estimate of drug-likeness (QED) is 0.0678. The van der Waals surface area contributed by atoms with Gasteiger partial charge < -0.3 is 145 Å². The number of aliphatic hydroxyl groups is 19. The van der Waals surface area contributed by atoms with E-state index in [9.17, 15) is 97.0 Å². The predicted molar refractivity (Wildman–Crippen MR) is 203 cm³/mol. The van der Waals surface area contributed by atoms with Crippen molar-refractivity contribution in [2.45, 2.75) is 185 Å². The van der Waals surface area contributed by atoms with Crippen molar-refractivity contribution in [3.05, 3.63) is 11.6 Å². The van der Waals surface area contributed by atoms with Gasteiger partial charge in [0, 0.05) is 0 Å². The van der Waals surface area contributed by atoms with E-state index in [1.54, 1.807) is 0 Å². The van der Waals surface area contributed by atoms with Crippen molar-refractivity contribution in [3.8, 4) is 0 Å². The van der Waals surface area contributed by atoms with Gasteiger partial charge >= 0.3 is 0 Å². The first-order chi connectivity index (χ1) is 31.2. The van der Waals surface area contributed by atoms with Crippen LogP contribution in [0, 0.1) is 0 Å². The van der Waals surface area contributed by atoms with E-state index in [1.165, 1.54) is 13.0 Å². The third kappa shape index (κ3) is 10.7. The van der Waals surface area contributed by atoms with Gasteiger partial charge in [0.25, 0.3) is 0 Å². The predicted octanol–water partition coefficient (Wildman–Crippen LogP) is -12.9. The van der Waals surface area contributed by atoms with Crippen LogP contribution in [0.1, 0.15) is 6.92 Å². The average molecular weight is 970 g/mol. The molecule has 5 aliphatic heterocycles. The molecule has 29 nitrogen and oxygen atoms in total. The fourth-order valence-corrected chi connectivity index (χ4v) is 8.71. The highest BCUT2D eigenvalue weighted by Crippen LogP contribution is 2.36. The molecule has 5 saturated heterocycles. The van der Waals surface area contributed by atoms with Crippen molar-refractivity contribution in [3.63, 3.8) is 0 Å². The summed E-state index contributed by atoms with van der Waals surface area (Å²) < 4.78 is 50.2. The van der Waals surface area contributed by atoms with Gasteiger partial charge in [-0.15, -0.1) is 0 Å². The fraction of sp³-hybridized carbons (Fsp3) is 0.946. The topological polar surface area (TPSA) is 479 Å². The highest BCUT2D eigenvalue weighted by atomic mass is 16.8. The van der Waals surface area contributed by atoms with Gasteiger partial charge in [-0.1, -0.05) is 6.08 Å². The molecule has 0 aromatic rings. The Hall–Kier alpha value is -1.42. The minimum atomic E-state index is -2.14. The van der Waals surface area contributed by atoms with Crippen LogP contribution in [0.5, 0.6) is 0 Å². The van der Waals surface area contributed by atoms with Crippen LogP contribution in [-0.4, -0.2) is 308 Å². The zero-order chi connectivity index (χ0) is 48.6. The standard InChI is InChI=1S/C37H63NO28/c1-8-15(38-10-2-9(3-39)16(44)20(48)17(10)45)19(47)25(53)33(58-8)63-30-12(5-41)60-34(27(55)22(30)50)64-31-13(6-42)61-35(28(56)23(31)51)65-32-14(7-43)62-37(29(57)24(32)52)66-36-26(54)21(49)18(46)11(4-40)59-36/h2,8,10-57H,3-7H2,1H3/t8-,10+,11-,12-,13-,14-,15-,16-,17+,18-,19+,20+,21+,22-,23-,24-,25-,26-,27-,28-,29-,30-,31-,32-,33-,34-,35-,36-,37-/m1/s1. The Balaban J connectivity index is 1.06. The Morgan fingerprint density at radius 2 is 0.773 bits per heavy atom. The van der Waals surface area contributed by atoms with Crippen LogP contribution in [0.25, 0.3) is 0 Å². The third-order valence-corrected chi connectivity index (χ3v) is 12.7. The maximum Gasteiger partial charge on any atom is 0.189 e. The molecule has 5 heterocycles. The normalized spacial score (nSPS) is 52.8. The van der Waals surface area contributed by atoms with Crippen LogP contribution in [0.15, 0.2) is 11.6 Å². The first kappa shape index (κ1) is 53.9. The van der Waals surface area contributed by atoms with Crippen LogP contribution in [-0.2, 0) is 42.6 Å². The molecule has 0 aromatic heterocycles. The summed E-state index contributed by atoms with van der Waals surface area (Å²) in [6, 6.07) is -2.31. The number of hydrogen-bond acceptors (Lipinski definition) is 29. The maximum absolute atomic E-state index is 11.2. The summed E-state index contributed by atoms with van der Waals surface area (Å²) in [5.74, 6) is 0. The van der Waals surface area contributed by atoms with Gasteiger partial charge in [0.15, 0.2) is 31.5 Å². The number of hydrogen-bond donors (Lipinski definition) is 20.